The molecular formula is C24H25ClN2O4S. The second-order valence-electron chi connectivity index (χ2n) is 7.38. The van der Waals surface area contributed by atoms with Crippen LogP contribution in [0.3, 0.4) is 0 Å². The highest BCUT2D eigenvalue weighted by atomic mass is 35.5. The van der Waals surface area contributed by atoms with Crippen LogP contribution in [0.2, 0.25) is 5.02 Å². The topological polar surface area (TPSA) is 84.5 Å². The van der Waals surface area contributed by atoms with E-state index in [0.29, 0.717) is 28.6 Å². The number of carbonyl (C=O) groups is 1. The molecule has 1 amide bonds. The summed E-state index contributed by atoms with van der Waals surface area (Å²) >= 11 is 6.11. The minimum Gasteiger partial charge on any atom is -0.479 e. The van der Waals surface area contributed by atoms with Crippen molar-refractivity contribution in [3.63, 3.8) is 0 Å². The first-order chi connectivity index (χ1) is 15.2. The Morgan fingerprint density at radius 2 is 1.72 bits per heavy atom. The van der Waals surface area contributed by atoms with Gasteiger partial charge in [-0.2, -0.15) is 0 Å². The molecule has 32 heavy (non-hydrogen) atoms. The lowest BCUT2D eigenvalue weighted by Crippen LogP contribution is -2.32. The van der Waals surface area contributed by atoms with Crippen LogP contribution >= 0.6 is 11.6 Å². The summed E-state index contributed by atoms with van der Waals surface area (Å²) in [4.78, 5) is 12.7. The molecule has 3 rings (SSSR count). The number of sulfonamides is 1. The maximum atomic E-state index is 12.7. The van der Waals surface area contributed by atoms with Gasteiger partial charge < -0.3 is 10.1 Å². The average molecular weight is 473 g/mol. The van der Waals surface area contributed by atoms with Gasteiger partial charge in [0.15, 0.2) is 6.10 Å². The van der Waals surface area contributed by atoms with Gasteiger partial charge in [0, 0.05) is 5.69 Å². The fourth-order valence-corrected chi connectivity index (χ4v) is 4.40. The molecule has 0 saturated carbocycles. The van der Waals surface area contributed by atoms with Gasteiger partial charge in [0.25, 0.3) is 15.9 Å². The minimum absolute atomic E-state index is 0.0924. The van der Waals surface area contributed by atoms with Crippen LogP contribution in [0.4, 0.5) is 11.4 Å². The lowest BCUT2D eigenvalue weighted by molar-refractivity contribution is -0.122. The number of rotatable bonds is 8. The number of anilines is 2. The second kappa shape index (κ2) is 10.1. The van der Waals surface area contributed by atoms with Crippen molar-refractivity contribution < 1.29 is 17.9 Å². The molecule has 0 aliphatic heterocycles. The number of hydrogen-bond acceptors (Lipinski definition) is 4. The normalized spacial score (nSPS) is 12.1. The van der Waals surface area contributed by atoms with Gasteiger partial charge in [0.2, 0.25) is 0 Å². The molecule has 0 unspecified atom stereocenters. The molecule has 0 heterocycles. The zero-order chi connectivity index (χ0) is 23.3. The van der Waals surface area contributed by atoms with Gasteiger partial charge in [-0.15, -0.1) is 0 Å². The van der Waals surface area contributed by atoms with E-state index >= 15 is 0 Å². The molecule has 168 valence electrons. The van der Waals surface area contributed by atoms with E-state index in [4.69, 9.17) is 16.3 Å². The molecule has 1 atom stereocenters. The first-order valence-corrected chi connectivity index (χ1v) is 12.0. The number of benzene rings is 3. The van der Waals surface area contributed by atoms with Crippen molar-refractivity contribution in [1.82, 2.24) is 0 Å². The Balaban J connectivity index is 1.69. The Hall–Kier alpha value is -3.03. The number of amides is 1. The van der Waals surface area contributed by atoms with Gasteiger partial charge in [0.05, 0.1) is 15.6 Å². The van der Waals surface area contributed by atoms with Crippen LogP contribution < -0.4 is 14.8 Å². The molecule has 0 aliphatic rings. The van der Waals surface area contributed by atoms with Crippen LogP contribution in [0.25, 0.3) is 0 Å². The van der Waals surface area contributed by atoms with Crippen molar-refractivity contribution in [2.45, 2.75) is 38.2 Å². The number of carbonyl (C=O) groups excluding carboxylic acids is 1. The summed E-state index contributed by atoms with van der Waals surface area (Å²) < 4.78 is 33.8. The molecule has 0 saturated heterocycles. The summed E-state index contributed by atoms with van der Waals surface area (Å²) in [5.74, 6) is 0.0755. The third-order valence-corrected chi connectivity index (χ3v) is 6.52. The Morgan fingerprint density at radius 1 is 1.03 bits per heavy atom. The highest BCUT2D eigenvalue weighted by molar-refractivity contribution is 7.92. The van der Waals surface area contributed by atoms with Crippen molar-refractivity contribution >= 4 is 38.9 Å². The van der Waals surface area contributed by atoms with E-state index in [0.717, 1.165) is 11.1 Å². The molecule has 0 spiro atoms. The van der Waals surface area contributed by atoms with Crippen molar-refractivity contribution in [2.24, 2.45) is 0 Å². The van der Waals surface area contributed by atoms with Gasteiger partial charge in [-0.25, -0.2) is 8.42 Å². The van der Waals surface area contributed by atoms with Gasteiger partial charge in [-0.05, 0) is 68.3 Å². The van der Waals surface area contributed by atoms with Crippen molar-refractivity contribution in [2.75, 3.05) is 10.0 Å². The summed E-state index contributed by atoms with van der Waals surface area (Å²) in [6.45, 7) is 5.62. The van der Waals surface area contributed by atoms with Gasteiger partial charge in [0.1, 0.15) is 5.75 Å². The molecule has 3 aromatic carbocycles. The number of para-hydroxylation sites is 1. The Bertz CT molecular complexity index is 1210. The molecule has 2 N–H and O–H groups in total. The smallest absolute Gasteiger partial charge is 0.265 e. The van der Waals surface area contributed by atoms with E-state index in [1.807, 2.05) is 32.9 Å². The van der Waals surface area contributed by atoms with Crippen molar-refractivity contribution in [3.8, 4) is 5.75 Å². The quantitative estimate of drug-likeness (QED) is 0.450. The van der Waals surface area contributed by atoms with E-state index in [-0.39, 0.29) is 10.8 Å². The molecule has 8 heteroatoms. The highest BCUT2D eigenvalue weighted by Gasteiger charge is 2.20. The fourth-order valence-electron chi connectivity index (χ4n) is 3.09. The van der Waals surface area contributed by atoms with Crippen LogP contribution in [-0.2, 0) is 14.8 Å². The van der Waals surface area contributed by atoms with E-state index < -0.39 is 16.1 Å². The minimum atomic E-state index is -3.76. The van der Waals surface area contributed by atoms with Crippen LogP contribution in [0.15, 0.2) is 71.6 Å². The summed E-state index contributed by atoms with van der Waals surface area (Å²) in [6, 6.07) is 18.4. The largest absolute Gasteiger partial charge is 0.479 e. The zero-order valence-corrected chi connectivity index (χ0v) is 19.6. The molecule has 0 bridgehead atoms. The predicted octanol–water partition coefficient (Wildman–Crippen LogP) is 5.55. The third-order valence-electron chi connectivity index (χ3n) is 4.83. The third kappa shape index (κ3) is 5.81. The number of nitrogens with one attached hydrogen (secondary N) is 2. The molecule has 0 radical (unpaired) electrons. The van der Waals surface area contributed by atoms with Crippen molar-refractivity contribution in [3.05, 3.63) is 82.9 Å². The number of halogens is 1. The Morgan fingerprint density at radius 3 is 2.34 bits per heavy atom. The second-order valence-corrected chi connectivity index (χ2v) is 9.47. The molecular weight excluding hydrogens is 448 g/mol. The first-order valence-electron chi connectivity index (χ1n) is 10.1. The van der Waals surface area contributed by atoms with Crippen LogP contribution in [0.5, 0.6) is 5.75 Å². The van der Waals surface area contributed by atoms with Gasteiger partial charge in [-0.3, -0.25) is 9.52 Å². The van der Waals surface area contributed by atoms with Crippen LogP contribution in [0, 0.1) is 13.8 Å². The van der Waals surface area contributed by atoms with Crippen molar-refractivity contribution in [1.29, 1.82) is 0 Å². The molecule has 0 fully saturated rings. The first kappa shape index (κ1) is 23.6. The summed E-state index contributed by atoms with van der Waals surface area (Å²) in [7, 11) is -3.76. The number of hydrogen-bond donors (Lipinski definition) is 2. The maximum Gasteiger partial charge on any atom is 0.265 e. The maximum absolute atomic E-state index is 12.7. The number of ether oxygens (including phenoxy) is 1. The Kier molecular flexibility index (Phi) is 7.43. The van der Waals surface area contributed by atoms with E-state index in [1.165, 1.54) is 24.3 Å². The fraction of sp³-hybridized carbons (Fsp3) is 0.208. The lowest BCUT2D eigenvalue weighted by Gasteiger charge is -2.18. The van der Waals surface area contributed by atoms with Crippen LogP contribution in [0.1, 0.15) is 24.5 Å². The van der Waals surface area contributed by atoms with Gasteiger partial charge in [-0.1, -0.05) is 48.4 Å². The lowest BCUT2D eigenvalue weighted by atomic mass is 10.1. The standard InChI is InChI=1S/C24H25ClN2O4S/c1-4-22(31-23-8-6-5-7-20(23)25)24(28)26-18-10-12-19(13-11-18)32(29,30)27-21-14-9-16(2)15-17(21)3/h5-15,22,27H,4H2,1-3H3,(H,26,28)/t22-/m1/s1. The SMILES string of the molecule is CC[C@@H](Oc1ccccc1Cl)C(=O)Nc1ccc(S(=O)(=O)Nc2ccc(C)cc2C)cc1. The summed E-state index contributed by atoms with van der Waals surface area (Å²) in [6.07, 6.45) is -0.312. The summed E-state index contributed by atoms with van der Waals surface area (Å²) in [5.41, 5.74) is 2.87. The molecule has 0 aromatic heterocycles. The van der Waals surface area contributed by atoms with E-state index in [1.54, 1.807) is 30.3 Å². The molecule has 3 aromatic rings. The zero-order valence-electron chi connectivity index (χ0n) is 18.1. The molecule has 0 aliphatic carbocycles. The van der Waals surface area contributed by atoms with E-state index in [9.17, 15) is 13.2 Å². The van der Waals surface area contributed by atoms with Gasteiger partial charge >= 0.3 is 0 Å². The Labute approximate surface area is 193 Å². The molecule has 6 nitrogen and oxygen atoms in total. The monoisotopic (exact) mass is 472 g/mol. The number of aryl methyl sites for hydroxylation is 2. The average Bonchev–Trinajstić information content (AvgIpc) is 2.75. The predicted molar refractivity (Wildman–Crippen MR) is 128 cm³/mol. The van der Waals surface area contributed by atoms with E-state index in [2.05, 4.69) is 10.0 Å². The van der Waals surface area contributed by atoms with Crippen LogP contribution in [-0.4, -0.2) is 20.4 Å². The summed E-state index contributed by atoms with van der Waals surface area (Å²) in [5, 5.41) is 3.18. The highest BCUT2D eigenvalue weighted by Crippen LogP contribution is 2.26.